The first-order valence-electron chi connectivity index (χ1n) is 10.1. The van der Waals surface area contributed by atoms with Gasteiger partial charge in [-0.05, 0) is 42.8 Å². The molecule has 30 heavy (non-hydrogen) atoms. The minimum Gasteiger partial charge on any atom is -0.365 e. The summed E-state index contributed by atoms with van der Waals surface area (Å²) in [5.74, 6) is 1.31. The lowest BCUT2D eigenvalue weighted by Gasteiger charge is -2.09. The molecule has 2 N–H and O–H groups in total. The van der Waals surface area contributed by atoms with Crippen molar-refractivity contribution in [2.75, 3.05) is 5.32 Å². The van der Waals surface area contributed by atoms with Crippen molar-refractivity contribution in [3.63, 3.8) is 0 Å². The van der Waals surface area contributed by atoms with Gasteiger partial charge in [0.15, 0.2) is 5.65 Å². The molecule has 8 nitrogen and oxygen atoms in total. The topological polar surface area (TPSA) is 97.6 Å². The van der Waals surface area contributed by atoms with E-state index in [-0.39, 0.29) is 17.3 Å². The summed E-state index contributed by atoms with van der Waals surface area (Å²) in [6.45, 7) is 3.25. The highest BCUT2D eigenvalue weighted by Gasteiger charge is 2.29. The van der Waals surface area contributed by atoms with E-state index in [1.807, 2.05) is 30.5 Å². The first-order valence-corrected chi connectivity index (χ1v) is 11.0. The Labute approximate surface area is 176 Å². The smallest absolute Gasteiger partial charge is 0.333 e. The zero-order valence-electron chi connectivity index (χ0n) is 16.6. The zero-order chi connectivity index (χ0) is 20.7. The van der Waals surface area contributed by atoms with Crippen LogP contribution in [-0.2, 0) is 13.1 Å². The summed E-state index contributed by atoms with van der Waals surface area (Å²) in [5.41, 5.74) is 1.01. The van der Waals surface area contributed by atoms with Gasteiger partial charge in [-0.25, -0.2) is 14.8 Å². The highest BCUT2D eigenvalue weighted by molar-refractivity contribution is 7.09. The molecular formula is C21H22N6O2S. The number of rotatable bonds is 7. The van der Waals surface area contributed by atoms with E-state index in [2.05, 4.69) is 26.3 Å². The normalized spacial score (nSPS) is 13.8. The van der Waals surface area contributed by atoms with Gasteiger partial charge in [0.05, 0.1) is 6.54 Å². The Morgan fingerprint density at radius 3 is 2.80 bits per heavy atom. The lowest BCUT2D eigenvalue weighted by Crippen LogP contribution is -2.39. The maximum absolute atomic E-state index is 12.9. The summed E-state index contributed by atoms with van der Waals surface area (Å²) >= 11 is 1.70. The zero-order valence-corrected chi connectivity index (χ0v) is 17.4. The van der Waals surface area contributed by atoms with Crippen LogP contribution in [0.15, 0.2) is 45.4 Å². The fourth-order valence-electron chi connectivity index (χ4n) is 3.58. The van der Waals surface area contributed by atoms with Gasteiger partial charge in [0.2, 0.25) is 0 Å². The summed E-state index contributed by atoms with van der Waals surface area (Å²) in [7, 11) is 0. The van der Waals surface area contributed by atoms with Crippen LogP contribution in [0.4, 0.5) is 5.82 Å². The van der Waals surface area contributed by atoms with Gasteiger partial charge >= 0.3 is 5.69 Å². The number of nitrogens with one attached hydrogen (secondary N) is 2. The van der Waals surface area contributed by atoms with E-state index in [0.29, 0.717) is 23.5 Å². The third-order valence-electron chi connectivity index (χ3n) is 5.23. The number of anilines is 1. The predicted molar refractivity (Wildman–Crippen MR) is 118 cm³/mol. The number of thiophene rings is 1. The summed E-state index contributed by atoms with van der Waals surface area (Å²) in [6, 6.07) is 7.90. The molecule has 4 heterocycles. The fourth-order valence-corrected chi connectivity index (χ4v) is 4.23. The van der Waals surface area contributed by atoms with E-state index in [9.17, 15) is 9.59 Å². The van der Waals surface area contributed by atoms with E-state index >= 15 is 0 Å². The fraction of sp³-hybridized carbons (Fsp3) is 0.333. The van der Waals surface area contributed by atoms with Crippen molar-refractivity contribution in [2.45, 2.75) is 45.3 Å². The van der Waals surface area contributed by atoms with Gasteiger partial charge in [0, 0.05) is 29.2 Å². The summed E-state index contributed by atoms with van der Waals surface area (Å²) in [5, 5.41) is 5.34. The maximum atomic E-state index is 12.9. The molecule has 154 valence electrons. The molecule has 1 saturated carbocycles. The molecule has 1 fully saturated rings. The number of aryl methyl sites for hydroxylation is 1. The molecular weight excluding hydrogens is 400 g/mol. The second-order valence-corrected chi connectivity index (χ2v) is 8.52. The SMILES string of the molecule is CCCn1c(=O)n(C2CC2)c(=O)c2[nH]c(-c3ccc(NCc4cccs4)nc3)nc21. The predicted octanol–water partition coefficient (Wildman–Crippen LogP) is 3.37. The van der Waals surface area contributed by atoms with Crippen molar-refractivity contribution < 1.29 is 0 Å². The molecule has 0 aliphatic heterocycles. The Morgan fingerprint density at radius 1 is 1.27 bits per heavy atom. The van der Waals surface area contributed by atoms with Crippen molar-refractivity contribution in [3.8, 4) is 11.4 Å². The monoisotopic (exact) mass is 422 g/mol. The molecule has 1 aliphatic rings. The number of fused-ring (bicyclic) bond motifs is 1. The maximum Gasteiger partial charge on any atom is 0.333 e. The third-order valence-corrected chi connectivity index (χ3v) is 6.11. The van der Waals surface area contributed by atoms with E-state index in [0.717, 1.165) is 37.2 Å². The molecule has 0 saturated heterocycles. The second kappa shape index (κ2) is 7.56. The molecule has 4 aromatic heterocycles. The lowest BCUT2D eigenvalue weighted by molar-refractivity contribution is 0.571. The minimum absolute atomic E-state index is 0.0135. The number of nitrogens with zero attached hydrogens (tertiary/aromatic N) is 4. The molecule has 4 aromatic rings. The Bertz CT molecular complexity index is 1300. The Kier molecular flexibility index (Phi) is 4.74. The van der Waals surface area contributed by atoms with Crippen molar-refractivity contribution in [2.24, 2.45) is 0 Å². The third kappa shape index (κ3) is 3.35. The van der Waals surface area contributed by atoms with Gasteiger partial charge < -0.3 is 10.3 Å². The van der Waals surface area contributed by atoms with Crippen LogP contribution >= 0.6 is 11.3 Å². The minimum atomic E-state index is -0.286. The first-order chi connectivity index (χ1) is 14.7. The highest BCUT2D eigenvalue weighted by atomic mass is 32.1. The number of imidazole rings is 1. The van der Waals surface area contributed by atoms with Crippen LogP contribution in [0.5, 0.6) is 0 Å². The molecule has 0 atom stereocenters. The largest absolute Gasteiger partial charge is 0.365 e. The van der Waals surface area contributed by atoms with Crippen molar-refractivity contribution in [1.29, 1.82) is 0 Å². The van der Waals surface area contributed by atoms with Crippen LogP contribution in [-0.4, -0.2) is 24.1 Å². The Morgan fingerprint density at radius 2 is 2.13 bits per heavy atom. The lowest BCUT2D eigenvalue weighted by atomic mass is 10.2. The Balaban J connectivity index is 1.50. The highest BCUT2D eigenvalue weighted by Crippen LogP contribution is 2.32. The van der Waals surface area contributed by atoms with Crippen LogP contribution < -0.4 is 16.6 Å². The number of H-pyrrole nitrogens is 1. The van der Waals surface area contributed by atoms with E-state index in [1.165, 1.54) is 9.44 Å². The van der Waals surface area contributed by atoms with Crippen LogP contribution in [0.2, 0.25) is 0 Å². The number of aromatic nitrogens is 5. The van der Waals surface area contributed by atoms with E-state index in [1.54, 1.807) is 22.1 Å². The second-order valence-electron chi connectivity index (χ2n) is 7.49. The van der Waals surface area contributed by atoms with Gasteiger partial charge in [0.1, 0.15) is 17.2 Å². The van der Waals surface area contributed by atoms with E-state index < -0.39 is 0 Å². The molecule has 1 aliphatic carbocycles. The molecule has 5 rings (SSSR count). The van der Waals surface area contributed by atoms with Gasteiger partial charge in [-0.3, -0.25) is 13.9 Å². The molecule has 0 radical (unpaired) electrons. The molecule has 9 heteroatoms. The van der Waals surface area contributed by atoms with Crippen molar-refractivity contribution in [1.82, 2.24) is 24.1 Å². The van der Waals surface area contributed by atoms with Crippen LogP contribution in [0.1, 0.15) is 37.1 Å². The van der Waals surface area contributed by atoms with E-state index in [4.69, 9.17) is 0 Å². The summed E-state index contributed by atoms with van der Waals surface area (Å²) in [6.07, 6.45) is 4.25. The molecule has 0 bridgehead atoms. The van der Waals surface area contributed by atoms with Gasteiger partial charge in [-0.1, -0.05) is 13.0 Å². The molecule has 0 aromatic carbocycles. The van der Waals surface area contributed by atoms with Gasteiger partial charge in [-0.2, -0.15) is 0 Å². The standard InChI is InChI=1S/C21H22N6O2S/c1-2-9-26-19-17(20(28)27(21(26)29)14-6-7-14)24-18(25-19)13-5-8-16(22-11-13)23-12-15-4-3-10-30-15/h3-5,8,10-11,14H,2,6-7,9,12H2,1H3,(H,22,23)(H,24,25). The van der Waals surface area contributed by atoms with Crippen molar-refractivity contribution in [3.05, 3.63) is 61.6 Å². The molecule has 0 spiro atoms. The van der Waals surface area contributed by atoms with Gasteiger partial charge in [0.25, 0.3) is 5.56 Å². The van der Waals surface area contributed by atoms with Crippen LogP contribution in [0.3, 0.4) is 0 Å². The van der Waals surface area contributed by atoms with Crippen LogP contribution in [0.25, 0.3) is 22.6 Å². The average Bonchev–Trinajstić information content (AvgIpc) is 3.27. The number of hydrogen-bond donors (Lipinski definition) is 2. The summed E-state index contributed by atoms with van der Waals surface area (Å²) < 4.78 is 3.00. The molecule has 0 unspecified atom stereocenters. The van der Waals surface area contributed by atoms with Crippen LogP contribution in [0, 0.1) is 0 Å². The Hall–Kier alpha value is -3.20. The molecule has 0 amide bonds. The number of aromatic amines is 1. The number of hydrogen-bond acceptors (Lipinski definition) is 6. The number of pyridine rings is 1. The quantitative estimate of drug-likeness (QED) is 0.476. The van der Waals surface area contributed by atoms with Gasteiger partial charge in [-0.15, -0.1) is 11.3 Å². The first kappa shape index (κ1) is 18.8. The summed E-state index contributed by atoms with van der Waals surface area (Å²) in [4.78, 5) is 39.3. The average molecular weight is 423 g/mol. The van der Waals surface area contributed by atoms with Crippen molar-refractivity contribution >= 4 is 28.3 Å².